The number of hydrogen-bond donors (Lipinski definition) is 1. The summed E-state index contributed by atoms with van der Waals surface area (Å²) in [4.78, 5) is 12.8. The van der Waals surface area contributed by atoms with E-state index in [1.54, 1.807) is 13.0 Å². The Kier molecular flexibility index (Phi) is 5.81. The Bertz CT molecular complexity index is 950. The van der Waals surface area contributed by atoms with Crippen LogP contribution in [0.15, 0.2) is 53.1 Å². The third-order valence-corrected chi connectivity index (χ3v) is 4.27. The molecule has 0 saturated carbocycles. The van der Waals surface area contributed by atoms with Gasteiger partial charge in [0.15, 0.2) is 0 Å². The van der Waals surface area contributed by atoms with E-state index in [0.29, 0.717) is 34.1 Å². The highest BCUT2D eigenvalue weighted by Crippen LogP contribution is 2.31. The molecule has 27 heavy (non-hydrogen) atoms. The van der Waals surface area contributed by atoms with Crippen molar-refractivity contribution in [3.63, 3.8) is 0 Å². The molecule has 1 N–H and O–H groups in total. The summed E-state index contributed by atoms with van der Waals surface area (Å²) in [6.45, 7) is 6.01. The van der Waals surface area contributed by atoms with Gasteiger partial charge in [-0.05, 0) is 44.5 Å². The fourth-order valence-electron chi connectivity index (χ4n) is 2.75. The molecule has 0 radical (unpaired) electrons. The SMILES string of the molecule is Cc1onc(-c2ccccc2Cl)c1C(=O)NCc1cccc(OC(C)C)c1. The van der Waals surface area contributed by atoms with Crippen LogP contribution in [0.2, 0.25) is 5.02 Å². The zero-order valence-electron chi connectivity index (χ0n) is 15.5. The summed E-state index contributed by atoms with van der Waals surface area (Å²) in [6, 6.07) is 14.9. The molecule has 1 amide bonds. The first kappa shape index (κ1) is 19.0. The number of nitrogens with zero attached hydrogens (tertiary/aromatic N) is 1. The van der Waals surface area contributed by atoms with Crippen LogP contribution < -0.4 is 10.1 Å². The smallest absolute Gasteiger partial charge is 0.257 e. The van der Waals surface area contributed by atoms with Crippen LogP contribution in [0.4, 0.5) is 0 Å². The molecule has 140 valence electrons. The lowest BCUT2D eigenvalue weighted by Gasteiger charge is -2.11. The Hall–Kier alpha value is -2.79. The van der Waals surface area contributed by atoms with E-state index in [1.165, 1.54) is 0 Å². The summed E-state index contributed by atoms with van der Waals surface area (Å²) in [6.07, 6.45) is 0.0904. The first-order valence-electron chi connectivity index (χ1n) is 8.70. The molecule has 0 spiro atoms. The van der Waals surface area contributed by atoms with Crippen molar-refractivity contribution < 1.29 is 14.1 Å². The molecule has 0 aliphatic rings. The highest BCUT2D eigenvalue weighted by atomic mass is 35.5. The highest BCUT2D eigenvalue weighted by molar-refractivity contribution is 6.33. The van der Waals surface area contributed by atoms with E-state index >= 15 is 0 Å². The van der Waals surface area contributed by atoms with Gasteiger partial charge in [-0.15, -0.1) is 0 Å². The summed E-state index contributed by atoms with van der Waals surface area (Å²) in [5.41, 5.74) is 2.42. The molecule has 6 heteroatoms. The summed E-state index contributed by atoms with van der Waals surface area (Å²) in [5, 5.41) is 7.46. The van der Waals surface area contributed by atoms with Crippen molar-refractivity contribution in [1.29, 1.82) is 0 Å². The molecule has 2 aromatic carbocycles. The number of ether oxygens (including phenoxy) is 1. The van der Waals surface area contributed by atoms with Gasteiger partial charge >= 0.3 is 0 Å². The molecule has 0 unspecified atom stereocenters. The monoisotopic (exact) mass is 384 g/mol. The van der Waals surface area contributed by atoms with Gasteiger partial charge in [0.2, 0.25) is 0 Å². The number of carbonyl (C=O) groups excluding carboxylic acids is 1. The van der Waals surface area contributed by atoms with Gasteiger partial charge < -0.3 is 14.6 Å². The minimum Gasteiger partial charge on any atom is -0.491 e. The van der Waals surface area contributed by atoms with Crippen LogP contribution in [0.5, 0.6) is 5.75 Å². The average Bonchev–Trinajstić information content (AvgIpc) is 3.01. The molecule has 0 aliphatic carbocycles. The fourth-order valence-corrected chi connectivity index (χ4v) is 2.97. The lowest BCUT2D eigenvalue weighted by atomic mass is 10.1. The number of aryl methyl sites for hydroxylation is 1. The molecule has 0 fully saturated rings. The normalized spacial score (nSPS) is 10.9. The average molecular weight is 385 g/mol. The zero-order valence-corrected chi connectivity index (χ0v) is 16.2. The Morgan fingerprint density at radius 1 is 1.22 bits per heavy atom. The van der Waals surface area contributed by atoms with E-state index in [1.807, 2.05) is 56.3 Å². The van der Waals surface area contributed by atoms with Gasteiger partial charge in [-0.1, -0.05) is 47.1 Å². The number of rotatable bonds is 6. The Morgan fingerprint density at radius 3 is 2.74 bits per heavy atom. The van der Waals surface area contributed by atoms with Crippen molar-refractivity contribution in [3.8, 4) is 17.0 Å². The van der Waals surface area contributed by atoms with Gasteiger partial charge in [-0.25, -0.2) is 0 Å². The standard InChI is InChI=1S/C21H21ClN2O3/c1-13(2)26-16-8-6-7-15(11-16)12-23-21(25)19-14(3)27-24-20(19)17-9-4-5-10-18(17)22/h4-11,13H,12H2,1-3H3,(H,23,25). The molecule has 0 atom stereocenters. The zero-order chi connectivity index (χ0) is 19.4. The predicted molar refractivity (Wildman–Crippen MR) is 105 cm³/mol. The summed E-state index contributed by atoms with van der Waals surface area (Å²) in [5.74, 6) is 0.952. The number of amides is 1. The molecular weight excluding hydrogens is 364 g/mol. The molecule has 3 rings (SSSR count). The van der Waals surface area contributed by atoms with Gasteiger partial charge in [0.1, 0.15) is 22.8 Å². The maximum absolute atomic E-state index is 12.8. The second-order valence-electron chi connectivity index (χ2n) is 6.44. The topological polar surface area (TPSA) is 64.4 Å². The Labute approximate surface area is 163 Å². The van der Waals surface area contributed by atoms with Crippen molar-refractivity contribution >= 4 is 17.5 Å². The van der Waals surface area contributed by atoms with Crippen LogP contribution in [-0.2, 0) is 6.54 Å². The third kappa shape index (κ3) is 4.49. The molecule has 1 aromatic heterocycles. The van der Waals surface area contributed by atoms with Crippen LogP contribution in [0, 0.1) is 6.92 Å². The fraction of sp³-hybridized carbons (Fsp3) is 0.238. The molecule has 1 heterocycles. The van der Waals surface area contributed by atoms with E-state index in [0.717, 1.165) is 11.3 Å². The summed E-state index contributed by atoms with van der Waals surface area (Å²) in [7, 11) is 0. The minimum atomic E-state index is -0.265. The van der Waals surface area contributed by atoms with Gasteiger partial charge in [0, 0.05) is 12.1 Å². The lowest BCUT2D eigenvalue weighted by Crippen LogP contribution is -2.23. The number of hydrogen-bond acceptors (Lipinski definition) is 4. The number of benzene rings is 2. The van der Waals surface area contributed by atoms with Crippen LogP contribution in [0.3, 0.4) is 0 Å². The second kappa shape index (κ2) is 8.27. The largest absolute Gasteiger partial charge is 0.491 e. The van der Waals surface area contributed by atoms with Crippen LogP contribution in [-0.4, -0.2) is 17.2 Å². The Morgan fingerprint density at radius 2 is 2.00 bits per heavy atom. The van der Waals surface area contributed by atoms with E-state index in [4.69, 9.17) is 20.9 Å². The second-order valence-corrected chi connectivity index (χ2v) is 6.85. The molecule has 0 aliphatic heterocycles. The van der Waals surface area contributed by atoms with Crippen molar-refractivity contribution in [2.75, 3.05) is 0 Å². The van der Waals surface area contributed by atoms with Gasteiger partial charge in [0.25, 0.3) is 5.91 Å². The number of nitrogens with one attached hydrogen (secondary N) is 1. The van der Waals surface area contributed by atoms with E-state index in [-0.39, 0.29) is 12.0 Å². The van der Waals surface area contributed by atoms with Crippen LogP contribution in [0.25, 0.3) is 11.3 Å². The molecule has 5 nitrogen and oxygen atoms in total. The van der Waals surface area contributed by atoms with E-state index in [9.17, 15) is 4.79 Å². The third-order valence-electron chi connectivity index (χ3n) is 3.94. The van der Waals surface area contributed by atoms with E-state index < -0.39 is 0 Å². The first-order valence-corrected chi connectivity index (χ1v) is 9.08. The maximum atomic E-state index is 12.8. The van der Waals surface area contributed by atoms with Crippen LogP contribution >= 0.6 is 11.6 Å². The minimum absolute atomic E-state index is 0.0904. The van der Waals surface area contributed by atoms with Gasteiger partial charge in [-0.3, -0.25) is 4.79 Å². The molecular formula is C21H21ClN2O3. The lowest BCUT2D eigenvalue weighted by molar-refractivity contribution is 0.0950. The first-order chi connectivity index (χ1) is 13.0. The van der Waals surface area contributed by atoms with Gasteiger partial charge in [-0.2, -0.15) is 0 Å². The van der Waals surface area contributed by atoms with Gasteiger partial charge in [0.05, 0.1) is 11.1 Å². The van der Waals surface area contributed by atoms with Crippen molar-refractivity contribution in [2.24, 2.45) is 0 Å². The highest BCUT2D eigenvalue weighted by Gasteiger charge is 2.22. The van der Waals surface area contributed by atoms with Crippen molar-refractivity contribution in [3.05, 3.63) is 70.4 Å². The van der Waals surface area contributed by atoms with Crippen LogP contribution in [0.1, 0.15) is 35.5 Å². The summed E-state index contributed by atoms with van der Waals surface area (Å²) >= 11 is 6.25. The number of carbonyl (C=O) groups is 1. The molecule has 0 saturated heterocycles. The molecule has 3 aromatic rings. The quantitative estimate of drug-likeness (QED) is 0.648. The number of aromatic nitrogens is 1. The summed E-state index contributed by atoms with van der Waals surface area (Å²) < 4.78 is 10.9. The van der Waals surface area contributed by atoms with E-state index in [2.05, 4.69) is 10.5 Å². The number of halogens is 1. The van der Waals surface area contributed by atoms with Crippen molar-refractivity contribution in [2.45, 2.75) is 33.4 Å². The maximum Gasteiger partial charge on any atom is 0.257 e. The Balaban J connectivity index is 1.78. The predicted octanol–water partition coefficient (Wildman–Crippen LogP) is 5.02. The van der Waals surface area contributed by atoms with Crippen molar-refractivity contribution in [1.82, 2.24) is 10.5 Å². The molecule has 0 bridgehead atoms.